The van der Waals surface area contributed by atoms with Crippen LogP contribution in [0, 0.1) is 5.92 Å². The van der Waals surface area contributed by atoms with Crippen molar-refractivity contribution in [2.45, 2.75) is 93.9 Å². The molecule has 0 saturated carbocycles. The monoisotopic (exact) mass is 569 g/mol. The minimum Gasteiger partial charge on any atom is -0.465 e. The Hall–Kier alpha value is -1.99. The van der Waals surface area contributed by atoms with Crippen LogP contribution in [0.15, 0.2) is 46.6 Å². The van der Waals surface area contributed by atoms with Crippen molar-refractivity contribution in [3.8, 4) is 0 Å². The van der Waals surface area contributed by atoms with Gasteiger partial charge in [0.25, 0.3) is 5.91 Å². The van der Waals surface area contributed by atoms with E-state index in [0.29, 0.717) is 0 Å². The first-order valence-electron chi connectivity index (χ1n) is 14.0. The van der Waals surface area contributed by atoms with Gasteiger partial charge in [-0.1, -0.05) is 46.6 Å². The molecule has 224 valence electrons. The topological polar surface area (TPSA) is 100 Å². The molecule has 0 saturated heterocycles. The Morgan fingerprint density at radius 3 is 1.69 bits per heavy atom. The maximum absolute atomic E-state index is 12.9. The number of hydrogen-bond donors (Lipinski definition) is 1. The summed E-state index contributed by atoms with van der Waals surface area (Å²) in [6.45, 7) is 16.1. The van der Waals surface area contributed by atoms with Crippen molar-refractivity contribution in [2.75, 3.05) is 32.6 Å². The third-order valence-corrected chi connectivity index (χ3v) is 7.90. The molecule has 0 aromatic carbocycles. The van der Waals surface area contributed by atoms with E-state index in [4.69, 9.17) is 18.6 Å². The van der Waals surface area contributed by atoms with Gasteiger partial charge in [-0.3, -0.25) is 19.0 Å². The van der Waals surface area contributed by atoms with Gasteiger partial charge in [-0.2, -0.15) is 0 Å². The van der Waals surface area contributed by atoms with E-state index in [1.165, 1.54) is 16.7 Å². The SMILES string of the molecule is CCOC(=O)C(CP(=O)(OCC)OCC)C(=O)NOC/C=C(\C)CC/C=C(\C)CC/C=C(\C)CCC=C(C)C. The Labute approximate surface area is 236 Å². The summed E-state index contributed by atoms with van der Waals surface area (Å²) in [5, 5.41) is 0. The number of amides is 1. The number of carbonyl (C=O) groups is 2. The maximum atomic E-state index is 12.9. The summed E-state index contributed by atoms with van der Waals surface area (Å²) in [5.74, 6) is -2.93. The largest absolute Gasteiger partial charge is 0.465 e. The second kappa shape index (κ2) is 21.8. The van der Waals surface area contributed by atoms with Crippen LogP contribution < -0.4 is 5.48 Å². The molecule has 0 spiro atoms. The van der Waals surface area contributed by atoms with Crippen molar-refractivity contribution in [1.82, 2.24) is 5.48 Å². The molecule has 0 aromatic heterocycles. The Morgan fingerprint density at radius 1 is 0.744 bits per heavy atom. The second-order valence-electron chi connectivity index (χ2n) is 9.76. The van der Waals surface area contributed by atoms with E-state index >= 15 is 0 Å². The summed E-state index contributed by atoms with van der Waals surface area (Å²) >= 11 is 0. The number of allylic oxidation sites excluding steroid dienone is 7. The Morgan fingerprint density at radius 2 is 1.23 bits per heavy atom. The van der Waals surface area contributed by atoms with Gasteiger partial charge in [0, 0.05) is 0 Å². The standard InChI is InChI=1S/C30H52NO7P/c1-9-35-30(33)28(23-39(34,37-10-2)38-11-3)29(32)31-36-22-21-27(8)20-14-19-26(7)18-13-17-25(6)16-12-15-24(4)5/h15,17,19,21,28H,9-14,16,18,20,22-23H2,1-8H3,(H,31,32)/b25-17+,26-19+,27-21+. The summed E-state index contributed by atoms with van der Waals surface area (Å²) in [7, 11) is -3.64. The Kier molecular flexibility index (Phi) is 20.7. The Balaban J connectivity index is 4.65. The lowest BCUT2D eigenvalue weighted by atomic mass is 10.0. The lowest BCUT2D eigenvalue weighted by molar-refractivity contribution is -0.155. The zero-order valence-electron chi connectivity index (χ0n) is 25.5. The van der Waals surface area contributed by atoms with Crippen LogP contribution in [0.4, 0.5) is 0 Å². The van der Waals surface area contributed by atoms with Gasteiger partial charge in [-0.25, -0.2) is 5.48 Å². The van der Waals surface area contributed by atoms with Crippen LogP contribution in [0.5, 0.6) is 0 Å². The van der Waals surface area contributed by atoms with Gasteiger partial charge < -0.3 is 13.8 Å². The minimum absolute atomic E-state index is 0.0832. The van der Waals surface area contributed by atoms with Crippen LogP contribution in [0.3, 0.4) is 0 Å². The highest BCUT2D eigenvalue weighted by molar-refractivity contribution is 7.53. The van der Waals surface area contributed by atoms with Gasteiger partial charge in [-0.05, 0) is 93.9 Å². The van der Waals surface area contributed by atoms with E-state index in [-0.39, 0.29) is 26.4 Å². The summed E-state index contributed by atoms with van der Waals surface area (Å²) < 4.78 is 28.3. The first kappa shape index (κ1) is 37.0. The highest BCUT2D eigenvalue weighted by Crippen LogP contribution is 2.49. The lowest BCUT2D eigenvalue weighted by Crippen LogP contribution is -2.39. The minimum atomic E-state index is -3.64. The molecule has 39 heavy (non-hydrogen) atoms. The zero-order chi connectivity index (χ0) is 29.7. The van der Waals surface area contributed by atoms with E-state index in [1.54, 1.807) is 20.8 Å². The number of carbonyl (C=O) groups excluding carboxylic acids is 2. The van der Waals surface area contributed by atoms with Crippen LogP contribution in [-0.2, 0) is 32.8 Å². The average Bonchev–Trinajstić information content (AvgIpc) is 2.85. The maximum Gasteiger partial charge on any atom is 0.332 e. The molecule has 1 N–H and O–H groups in total. The number of hydroxylamine groups is 1. The van der Waals surface area contributed by atoms with Crippen molar-refractivity contribution >= 4 is 19.5 Å². The van der Waals surface area contributed by atoms with E-state index in [1.807, 2.05) is 13.0 Å². The molecule has 0 aliphatic heterocycles. The molecule has 0 bridgehead atoms. The molecule has 1 atom stereocenters. The molecule has 0 aliphatic carbocycles. The van der Waals surface area contributed by atoms with Crippen LogP contribution in [0.25, 0.3) is 0 Å². The first-order chi connectivity index (χ1) is 18.5. The molecule has 9 heteroatoms. The van der Waals surface area contributed by atoms with Crippen molar-refractivity contribution in [1.29, 1.82) is 0 Å². The number of esters is 1. The van der Waals surface area contributed by atoms with Crippen LogP contribution in [0.1, 0.15) is 93.9 Å². The molecule has 0 fully saturated rings. The Bertz CT molecular complexity index is 891. The van der Waals surface area contributed by atoms with E-state index in [2.05, 4.69) is 51.4 Å². The van der Waals surface area contributed by atoms with Crippen LogP contribution in [-0.4, -0.2) is 44.5 Å². The zero-order valence-corrected chi connectivity index (χ0v) is 26.4. The summed E-state index contributed by atoms with van der Waals surface area (Å²) in [5.41, 5.74) is 7.59. The average molecular weight is 570 g/mol. The lowest BCUT2D eigenvalue weighted by Gasteiger charge is -2.21. The van der Waals surface area contributed by atoms with E-state index in [0.717, 1.165) is 44.1 Å². The number of nitrogens with one attached hydrogen (secondary N) is 1. The van der Waals surface area contributed by atoms with Crippen molar-refractivity contribution in [3.05, 3.63) is 46.6 Å². The molecule has 1 unspecified atom stereocenters. The third kappa shape index (κ3) is 18.8. The van der Waals surface area contributed by atoms with Gasteiger partial charge in [-0.15, -0.1) is 0 Å². The predicted octanol–water partition coefficient (Wildman–Crippen LogP) is 7.63. The van der Waals surface area contributed by atoms with Crippen LogP contribution in [0.2, 0.25) is 0 Å². The summed E-state index contributed by atoms with van der Waals surface area (Å²) in [6.07, 6.45) is 14.5. The molecule has 0 heterocycles. The smallest absolute Gasteiger partial charge is 0.332 e. The van der Waals surface area contributed by atoms with Crippen LogP contribution >= 0.6 is 7.60 Å². The van der Waals surface area contributed by atoms with E-state index in [9.17, 15) is 14.2 Å². The summed E-state index contributed by atoms with van der Waals surface area (Å²) in [4.78, 5) is 30.3. The van der Waals surface area contributed by atoms with Crippen molar-refractivity contribution in [2.24, 2.45) is 5.92 Å². The molecular weight excluding hydrogens is 517 g/mol. The fraction of sp³-hybridized carbons (Fsp3) is 0.667. The van der Waals surface area contributed by atoms with Gasteiger partial charge in [0.2, 0.25) is 0 Å². The molecule has 1 amide bonds. The number of ether oxygens (including phenoxy) is 1. The highest BCUT2D eigenvalue weighted by atomic mass is 31.2. The molecule has 0 rings (SSSR count). The summed E-state index contributed by atoms with van der Waals surface area (Å²) in [6, 6.07) is 0. The quantitative estimate of drug-likeness (QED) is 0.0379. The molecule has 0 aromatic rings. The third-order valence-electron chi connectivity index (χ3n) is 5.79. The van der Waals surface area contributed by atoms with Gasteiger partial charge in [0.15, 0.2) is 0 Å². The number of rotatable bonds is 21. The fourth-order valence-electron chi connectivity index (χ4n) is 3.62. The predicted molar refractivity (Wildman–Crippen MR) is 158 cm³/mol. The van der Waals surface area contributed by atoms with Gasteiger partial charge in [0.1, 0.15) is 5.92 Å². The fourth-order valence-corrected chi connectivity index (χ4v) is 5.46. The normalized spacial score (nSPS) is 13.7. The van der Waals surface area contributed by atoms with E-state index < -0.39 is 31.6 Å². The highest BCUT2D eigenvalue weighted by Gasteiger charge is 2.38. The van der Waals surface area contributed by atoms with Crippen molar-refractivity contribution < 1.29 is 32.8 Å². The molecule has 8 nitrogen and oxygen atoms in total. The first-order valence-corrected chi connectivity index (χ1v) is 15.8. The number of hydrogen-bond acceptors (Lipinski definition) is 7. The molecule has 0 aliphatic rings. The van der Waals surface area contributed by atoms with Crippen molar-refractivity contribution in [3.63, 3.8) is 0 Å². The second-order valence-corrected chi connectivity index (χ2v) is 11.9. The van der Waals surface area contributed by atoms with Gasteiger partial charge >= 0.3 is 13.6 Å². The molecular formula is C30H52NO7P. The molecule has 0 radical (unpaired) electrons. The van der Waals surface area contributed by atoms with Gasteiger partial charge in [0.05, 0.1) is 32.6 Å².